The van der Waals surface area contributed by atoms with Crippen molar-refractivity contribution in [3.8, 4) is 11.5 Å². The monoisotopic (exact) mass is 362 g/mol. The van der Waals surface area contributed by atoms with Gasteiger partial charge in [-0.15, -0.1) is 0 Å². The highest BCUT2D eigenvalue weighted by Crippen LogP contribution is 2.33. The van der Waals surface area contributed by atoms with E-state index in [2.05, 4.69) is 9.80 Å². The molecule has 1 atom stereocenters. The molecule has 6 heteroatoms. The fourth-order valence-corrected chi connectivity index (χ4v) is 4.34. The van der Waals surface area contributed by atoms with Crippen LogP contribution in [0.25, 0.3) is 0 Å². The molecule has 26 heavy (non-hydrogen) atoms. The molecule has 6 nitrogen and oxygen atoms in total. The van der Waals surface area contributed by atoms with Crippen LogP contribution in [0.3, 0.4) is 0 Å². The first kappa shape index (κ1) is 19.0. The fraction of sp³-hybridized carbons (Fsp3) is 0.650. The van der Waals surface area contributed by atoms with Crippen molar-refractivity contribution in [2.45, 2.75) is 44.2 Å². The molecule has 144 valence electrons. The number of ether oxygens (including phenoxy) is 2. The van der Waals surface area contributed by atoms with E-state index < -0.39 is 12.0 Å². The number of carbonyl (C=O) groups is 1. The third kappa shape index (κ3) is 4.13. The van der Waals surface area contributed by atoms with Crippen LogP contribution in [0.15, 0.2) is 18.2 Å². The Bertz CT molecular complexity index is 608. The maximum Gasteiger partial charge on any atom is 0.325 e. The van der Waals surface area contributed by atoms with Crippen LogP contribution in [0.1, 0.15) is 43.7 Å². The van der Waals surface area contributed by atoms with Crippen molar-refractivity contribution in [1.82, 2.24) is 9.80 Å². The molecule has 1 aromatic carbocycles. The first-order valence-electron chi connectivity index (χ1n) is 9.57. The van der Waals surface area contributed by atoms with Gasteiger partial charge in [-0.05, 0) is 30.5 Å². The summed E-state index contributed by atoms with van der Waals surface area (Å²) in [6, 6.07) is 5.43. The average molecular weight is 362 g/mol. The molecular weight excluding hydrogens is 332 g/mol. The summed E-state index contributed by atoms with van der Waals surface area (Å²) in [5.74, 6) is 0.364. The third-order valence-electron chi connectivity index (χ3n) is 5.76. The molecule has 1 aliphatic heterocycles. The molecule has 3 rings (SSSR count). The largest absolute Gasteiger partial charge is 0.493 e. The Morgan fingerprint density at radius 3 is 2.27 bits per heavy atom. The molecule has 1 heterocycles. The van der Waals surface area contributed by atoms with Gasteiger partial charge in [-0.25, -0.2) is 0 Å². The van der Waals surface area contributed by atoms with Crippen molar-refractivity contribution in [3.63, 3.8) is 0 Å². The molecule has 1 aliphatic carbocycles. The summed E-state index contributed by atoms with van der Waals surface area (Å²) in [4.78, 5) is 16.6. The van der Waals surface area contributed by atoms with E-state index in [-0.39, 0.29) is 0 Å². The molecule has 0 aromatic heterocycles. The van der Waals surface area contributed by atoms with Gasteiger partial charge in [0.05, 0.1) is 14.2 Å². The second-order valence-electron chi connectivity index (χ2n) is 7.22. The minimum atomic E-state index is -0.816. The second-order valence-corrected chi connectivity index (χ2v) is 7.22. The van der Waals surface area contributed by atoms with Gasteiger partial charge in [-0.2, -0.15) is 0 Å². The number of piperazine rings is 1. The van der Waals surface area contributed by atoms with Gasteiger partial charge in [-0.3, -0.25) is 14.6 Å². The molecule has 2 aliphatic rings. The van der Waals surface area contributed by atoms with Crippen LogP contribution in [0.2, 0.25) is 0 Å². The van der Waals surface area contributed by atoms with Gasteiger partial charge >= 0.3 is 5.97 Å². The molecule has 1 aromatic rings. The van der Waals surface area contributed by atoms with Crippen LogP contribution >= 0.6 is 0 Å². The van der Waals surface area contributed by atoms with Gasteiger partial charge in [0.25, 0.3) is 0 Å². The summed E-state index contributed by atoms with van der Waals surface area (Å²) in [6.45, 7) is 3.45. The number of carboxylic acids is 1. The number of methoxy groups -OCH3 is 2. The lowest BCUT2D eigenvalue weighted by Gasteiger charge is -2.42. The zero-order valence-electron chi connectivity index (χ0n) is 15.8. The summed E-state index contributed by atoms with van der Waals surface area (Å²) in [5, 5.41) is 9.86. The van der Waals surface area contributed by atoms with Gasteiger partial charge in [0.15, 0.2) is 11.5 Å². The number of nitrogens with zero attached hydrogens (tertiary/aromatic N) is 2. The van der Waals surface area contributed by atoms with Crippen LogP contribution in [0.4, 0.5) is 0 Å². The lowest BCUT2D eigenvalue weighted by molar-refractivity contribution is -0.144. The second kappa shape index (κ2) is 8.73. The fourth-order valence-electron chi connectivity index (χ4n) is 4.34. The molecule has 2 fully saturated rings. The number of hydrogen-bond donors (Lipinski definition) is 1. The summed E-state index contributed by atoms with van der Waals surface area (Å²) in [5.41, 5.74) is 0.737. The maximum absolute atomic E-state index is 12.0. The van der Waals surface area contributed by atoms with Gasteiger partial charge in [0, 0.05) is 32.2 Å². The first-order chi connectivity index (χ1) is 12.6. The molecule has 0 unspecified atom stereocenters. The Kier molecular flexibility index (Phi) is 6.38. The Morgan fingerprint density at radius 1 is 1.04 bits per heavy atom. The lowest BCUT2D eigenvalue weighted by atomic mass is 9.93. The van der Waals surface area contributed by atoms with Crippen LogP contribution in [0.5, 0.6) is 11.5 Å². The summed E-state index contributed by atoms with van der Waals surface area (Å²) >= 11 is 0. The molecular formula is C20H30N2O4. The zero-order valence-corrected chi connectivity index (χ0v) is 15.8. The number of aliphatic carboxylic acids is 1. The van der Waals surface area contributed by atoms with Crippen molar-refractivity contribution in [2.75, 3.05) is 40.4 Å². The third-order valence-corrected chi connectivity index (χ3v) is 5.76. The number of carboxylic acid groups (broad SMARTS) is 1. The van der Waals surface area contributed by atoms with Gasteiger partial charge in [-0.1, -0.05) is 25.3 Å². The standard InChI is InChI=1S/C20H30N2O4/c1-25-17-9-8-15(14-18(17)26-2)19(20(23)24)22-12-10-21(11-13-22)16-6-4-3-5-7-16/h8-9,14,16,19H,3-7,10-13H2,1-2H3,(H,23,24)/t19-/m1/s1. The van der Waals surface area contributed by atoms with Crippen molar-refractivity contribution < 1.29 is 19.4 Å². The van der Waals surface area contributed by atoms with Crippen LogP contribution < -0.4 is 9.47 Å². The Morgan fingerprint density at radius 2 is 1.69 bits per heavy atom. The summed E-state index contributed by atoms with van der Waals surface area (Å²) in [6.07, 6.45) is 6.59. The molecule has 0 bridgehead atoms. The van der Waals surface area contributed by atoms with E-state index in [9.17, 15) is 9.90 Å². The Hall–Kier alpha value is -1.79. The van der Waals surface area contributed by atoms with Crippen molar-refractivity contribution >= 4 is 5.97 Å². The molecule has 1 saturated carbocycles. The first-order valence-corrected chi connectivity index (χ1v) is 9.57. The quantitative estimate of drug-likeness (QED) is 0.840. The maximum atomic E-state index is 12.0. The van der Waals surface area contributed by atoms with E-state index in [0.717, 1.165) is 31.7 Å². The summed E-state index contributed by atoms with van der Waals surface area (Å²) in [7, 11) is 3.15. The SMILES string of the molecule is COc1ccc([C@H](C(=O)O)N2CCN(C3CCCCC3)CC2)cc1OC. The van der Waals surface area contributed by atoms with E-state index in [1.54, 1.807) is 26.4 Å². The van der Waals surface area contributed by atoms with E-state index in [1.807, 2.05) is 6.07 Å². The minimum absolute atomic E-state index is 0.567. The molecule has 1 N–H and O–H groups in total. The summed E-state index contributed by atoms with van der Waals surface area (Å²) < 4.78 is 10.6. The molecule has 0 amide bonds. The highest BCUT2D eigenvalue weighted by molar-refractivity contribution is 5.76. The zero-order chi connectivity index (χ0) is 18.5. The minimum Gasteiger partial charge on any atom is -0.493 e. The highest BCUT2D eigenvalue weighted by atomic mass is 16.5. The van der Waals surface area contributed by atoms with E-state index in [4.69, 9.17) is 9.47 Å². The van der Waals surface area contributed by atoms with Crippen LogP contribution in [-0.2, 0) is 4.79 Å². The molecule has 0 spiro atoms. The normalized spacial score (nSPS) is 21.3. The van der Waals surface area contributed by atoms with E-state index in [0.29, 0.717) is 17.5 Å². The van der Waals surface area contributed by atoms with Gasteiger partial charge < -0.3 is 14.6 Å². The highest BCUT2D eigenvalue weighted by Gasteiger charge is 2.33. The van der Waals surface area contributed by atoms with Gasteiger partial charge in [0.2, 0.25) is 0 Å². The smallest absolute Gasteiger partial charge is 0.325 e. The number of benzene rings is 1. The van der Waals surface area contributed by atoms with E-state index >= 15 is 0 Å². The topological polar surface area (TPSA) is 62.2 Å². The van der Waals surface area contributed by atoms with Crippen molar-refractivity contribution in [2.24, 2.45) is 0 Å². The number of rotatable bonds is 6. The average Bonchev–Trinajstić information content (AvgIpc) is 2.69. The molecule has 1 saturated heterocycles. The Balaban J connectivity index is 1.70. The predicted octanol–water partition coefficient (Wildman–Crippen LogP) is 2.78. The van der Waals surface area contributed by atoms with E-state index in [1.165, 1.54) is 32.1 Å². The van der Waals surface area contributed by atoms with Crippen LogP contribution in [0, 0.1) is 0 Å². The Labute approximate surface area is 155 Å². The van der Waals surface area contributed by atoms with Crippen molar-refractivity contribution in [3.05, 3.63) is 23.8 Å². The molecule has 0 radical (unpaired) electrons. The van der Waals surface area contributed by atoms with Gasteiger partial charge in [0.1, 0.15) is 6.04 Å². The number of hydrogen-bond acceptors (Lipinski definition) is 5. The predicted molar refractivity (Wildman–Crippen MR) is 99.9 cm³/mol. The lowest BCUT2D eigenvalue weighted by Crippen LogP contribution is -2.52. The van der Waals surface area contributed by atoms with Crippen molar-refractivity contribution in [1.29, 1.82) is 0 Å². The van der Waals surface area contributed by atoms with Crippen LogP contribution in [-0.4, -0.2) is 67.3 Å².